The summed E-state index contributed by atoms with van der Waals surface area (Å²) in [5.41, 5.74) is 0.633. The van der Waals surface area contributed by atoms with Crippen LogP contribution in [-0.4, -0.2) is 28.6 Å². The molecule has 0 saturated carbocycles. The highest BCUT2D eigenvalue weighted by molar-refractivity contribution is 6.02. The first-order valence-electron chi connectivity index (χ1n) is 4.78. The normalized spacial score (nSPS) is 20.6. The highest BCUT2D eigenvalue weighted by Crippen LogP contribution is 2.18. The first-order valence-corrected chi connectivity index (χ1v) is 4.78. The first kappa shape index (κ1) is 10.8. The maximum atomic E-state index is 11.6. The van der Waals surface area contributed by atoms with Crippen LogP contribution in [0.1, 0.15) is 26.7 Å². The van der Waals surface area contributed by atoms with Gasteiger partial charge in [0.2, 0.25) is 0 Å². The number of rotatable bonds is 1. The van der Waals surface area contributed by atoms with Gasteiger partial charge < -0.3 is 5.11 Å². The zero-order chi connectivity index (χ0) is 10.7. The van der Waals surface area contributed by atoms with Gasteiger partial charge in [0, 0.05) is 12.1 Å². The summed E-state index contributed by atoms with van der Waals surface area (Å²) >= 11 is 0. The summed E-state index contributed by atoms with van der Waals surface area (Å²) < 4.78 is 0. The number of nitrogens with zero attached hydrogens (tertiary/aromatic N) is 1. The fraction of sp³-hybridized carbons (Fsp3) is 0.600. The molecule has 0 radical (unpaired) electrons. The minimum atomic E-state index is -1.15. The molecule has 78 valence electrons. The average molecular weight is 197 g/mol. The Balaban J connectivity index is 2.81. The van der Waals surface area contributed by atoms with Crippen molar-refractivity contribution in [2.75, 3.05) is 6.54 Å². The quantitative estimate of drug-likeness (QED) is 0.653. The van der Waals surface area contributed by atoms with E-state index in [4.69, 9.17) is 5.11 Å². The number of imide groups is 1. The van der Waals surface area contributed by atoms with E-state index in [2.05, 4.69) is 0 Å². The lowest BCUT2D eigenvalue weighted by Crippen LogP contribution is -2.40. The summed E-state index contributed by atoms with van der Waals surface area (Å²) in [5, 5.41) is 8.74. The van der Waals surface area contributed by atoms with Crippen molar-refractivity contribution in [1.82, 2.24) is 4.90 Å². The van der Waals surface area contributed by atoms with Crippen molar-refractivity contribution in [3.8, 4) is 0 Å². The largest absolute Gasteiger partial charge is 0.465 e. The van der Waals surface area contributed by atoms with E-state index in [0.717, 1.165) is 11.3 Å². The van der Waals surface area contributed by atoms with Crippen molar-refractivity contribution in [2.45, 2.75) is 26.7 Å². The SMILES string of the molecule is CC(C)/C=C1/CCCN(C(=O)O)C1=O. The maximum Gasteiger partial charge on any atom is 0.414 e. The Morgan fingerprint density at radius 3 is 2.71 bits per heavy atom. The molecular formula is C10H15NO3. The Morgan fingerprint density at radius 1 is 1.57 bits per heavy atom. The van der Waals surface area contributed by atoms with Gasteiger partial charge in [0.15, 0.2) is 0 Å². The summed E-state index contributed by atoms with van der Waals surface area (Å²) in [5.74, 6) is -0.0693. The van der Waals surface area contributed by atoms with Crippen LogP contribution < -0.4 is 0 Å². The lowest BCUT2D eigenvalue weighted by atomic mass is 10.0. The predicted octanol–water partition coefficient (Wildman–Crippen LogP) is 1.87. The standard InChI is InChI=1S/C10H15NO3/c1-7(2)6-8-4-3-5-11(9(8)12)10(13)14/h6-7H,3-5H2,1-2H3,(H,13,14)/b8-6-. The Hall–Kier alpha value is -1.32. The molecule has 1 fully saturated rings. The number of allylic oxidation sites excluding steroid dienone is 1. The second kappa shape index (κ2) is 4.26. The van der Waals surface area contributed by atoms with Crippen molar-refractivity contribution in [2.24, 2.45) is 5.92 Å². The molecule has 0 aromatic heterocycles. The summed E-state index contributed by atoms with van der Waals surface area (Å²) in [6.07, 6.45) is 2.12. The van der Waals surface area contributed by atoms with Gasteiger partial charge in [-0.3, -0.25) is 4.79 Å². The Morgan fingerprint density at radius 2 is 2.21 bits per heavy atom. The lowest BCUT2D eigenvalue weighted by molar-refractivity contribution is -0.126. The van der Waals surface area contributed by atoms with Crippen LogP contribution in [0.25, 0.3) is 0 Å². The third-order valence-electron chi connectivity index (χ3n) is 2.11. The molecule has 1 aliphatic heterocycles. The highest BCUT2D eigenvalue weighted by Gasteiger charge is 2.27. The second-order valence-electron chi connectivity index (χ2n) is 3.78. The molecule has 1 N–H and O–H groups in total. The van der Waals surface area contributed by atoms with Crippen LogP contribution in [0.15, 0.2) is 11.6 Å². The van der Waals surface area contributed by atoms with Gasteiger partial charge in [0.25, 0.3) is 5.91 Å². The van der Waals surface area contributed by atoms with Gasteiger partial charge >= 0.3 is 6.09 Å². The molecule has 0 spiro atoms. The van der Waals surface area contributed by atoms with E-state index in [-0.39, 0.29) is 11.8 Å². The summed E-state index contributed by atoms with van der Waals surface area (Å²) in [6.45, 7) is 4.27. The molecule has 14 heavy (non-hydrogen) atoms. The maximum absolute atomic E-state index is 11.6. The Kier molecular flexibility index (Phi) is 3.28. The Bertz CT molecular complexity index is 281. The number of carbonyl (C=O) groups excluding carboxylic acids is 1. The van der Waals surface area contributed by atoms with E-state index in [0.29, 0.717) is 18.5 Å². The van der Waals surface area contributed by atoms with Crippen LogP contribution in [0, 0.1) is 5.92 Å². The van der Waals surface area contributed by atoms with Crippen molar-refractivity contribution < 1.29 is 14.7 Å². The van der Waals surface area contributed by atoms with E-state index in [1.807, 2.05) is 19.9 Å². The fourth-order valence-corrected chi connectivity index (χ4v) is 1.55. The number of carbonyl (C=O) groups is 2. The van der Waals surface area contributed by atoms with Crippen LogP contribution in [0.5, 0.6) is 0 Å². The smallest absolute Gasteiger partial charge is 0.414 e. The van der Waals surface area contributed by atoms with E-state index >= 15 is 0 Å². The monoisotopic (exact) mass is 197 g/mol. The van der Waals surface area contributed by atoms with Gasteiger partial charge in [-0.15, -0.1) is 0 Å². The van der Waals surface area contributed by atoms with Crippen LogP contribution in [-0.2, 0) is 4.79 Å². The van der Waals surface area contributed by atoms with Gasteiger partial charge in [0.05, 0.1) is 0 Å². The average Bonchev–Trinajstić information content (AvgIpc) is 2.07. The highest BCUT2D eigenvalue weighted by atomic mass is 16.4. The molecule has 2 amide bonds. The predicted molar refractivity (Wildman–Crippen MR) is 51.9 cm³/mol. The molecular weight excluding hydrogens is 182 g/mol. The van der Waals surface area contributed by atoms with Crippen molar-refractivity contribution in [3.05, 3.63) is 11.6 Å². The molecule has 0 bridgehead atoms. The molecule has 1 heterocycles. The zero-order valence-electron chi connectivity index (χ0n) is 8.49. The van der Waals surface area contributed by atoms with Crippen LogP contribution in [0.2, 0.25) is 0 Å². The van der Waals surface area contributed by atoms with E-state index in [1.165, 1.54) is 0 Å². The number of carboxylic acid groups (broad SMARTS) is 1. The molecule has 0 aromatic carbocycles. The van der Waals surface area contributed by atoms with Crippen molar-refractivity contribution in [3.63, 3.8) is 0 Å². The molecule has 4 nitrogen and oxygen atoms in total. The summed E-state index contributed by atoms with van der Waals surface area (Å²) in [7, 11) is 0. The molecule has 1 aliphatic rings. The van der Waals surface area contributed by atoms with Crippen molar-refractivity contribution >= 4 is 12.0 Å². The number of hydrogen-bond donors (Lipinski definition) is 1. The molecule has 0 aromatic rings. The lowest BCUT2D eigenvalue weighted by Gasteiger charge is -2.24. The Labute approximate surface area is 83.2 Å². The number of piperidine rings is 1. The topological polar surface area (TPSA) is 57.6 Å². The van der Waals surface area contributed by atoms with Gasteiger partial charge in [-0.25, -0.2) is 9.69 Å². The number of amides is 2. The van der Waals surface area contributed by atoms with Gasteiger partial charge in [-0.2, -0.15) is 0 Å². The molecule has 0 aliphatic carbocycles. The third-order valence-corrected chi connectivity index (χ3v) is 2.11. The zero-order valence-corrected chi connectivity index (χ0v) is 8.49. The number of hydrogen-bond acceptors (Lipinski definition) is 2. The second-order valence-corrected chi connectivity index (χ2v) is 3.78. The van der Waals surface area contributed by atoms with Crippen LogP contribution in [0.4, 0.5) is 4.79 Å². The summed E-state index contributed by atoms with van der Waals surface area (Å²) in [6, 6.07) is 0. The van der Waals surface area contributed by atoms with Gasteiger partial charge in [0.1, 0.15) is 0 Å². The van der Waals surface area contributed by atoms with Crippen molar-refractivity contribution in [1.29, 1.82) is 0 Å². The van der Waals surface area contributed by atoms with Crippen LogP contribution in [0.3, 0.4) is 0 Å². The molecule has 1 rings (SSSR count). The van der Waals surface area contributed by atoms with Gasteiger partial charge in [-0.05, 0) is 18.8 Å². The van der Waals surface area contributed by atoms with E-state index in [9.17, 15) is 9.59 Å². The number of likely N-dealkylation sites (tertiary alicyclic amines) is 1. The first-order chi connectivity index (χ1) is 6.52. The fourth-order valence-electron chi connectivity index (χ4n) is 1.55. The molecule has 1 saturated heterocycles. The van der Waals surface area contributed by atoms with E-state index in [1.54, 1.807) is 0 Å². The molecule has 0 unspecified atom stereocenters. The molecule has 0 atom stereocenters. The molecule has 4 heteroatoms. The third kappa shape index (κ3) is 2.34. The van der Waals surface area contributed by atoms with E-state index < -0.39 is 6.09 Å². The summed E-state index contributed by atoms with van der Waals surface area (Å²) in [4.78, 5) is 23.1. The minimum absolute atomic E-state index is 0.280. The minimum Gasteiger partial charge on any atom is -0.465 e. The van der Waals surface area contributed by atoms with Gasteiger partial charge in [-0.1, -0.05) is 19.9 Å². The van der Waals surface area contributed by atoms with Crippen LogP contribution >= 0.6 is 0 Å².